The molecule has 0 aromatic carbocycles. The van der Waals surface area contributed by atoms with Gasteiger partial charge in [-0.3, -0.25) is 0 Å². The number of allylic oxidation sites excluding steroid dienone is 1. The van der Waals surface area contributed by atoms with E-state index in [2.05, 4.69) is 0 Å². The van der Waals surface area contributed by atoms with Crippen LogP contribution >= 0.6 is 0 Å². The van der Waals surface area contributed by atoms with Crippen LogP contribution in [0.1, 0.15) is 64.7 Å². The van der Waals surface area contributed by atoms with Gasteiger partial charge in [0, 0.05) is 6.08 Å². The Morgan fingerprint density at radius 3 is 2.76 bits per heavy atom. The van der Waals surface area contributed by atoms with Gasteiger partial charge in [-0.1, -0.05) is 51.5 Å². The molecule has 1 saturated carbocycles. The molecule has 0 unspecified atom stereocenters. The molecule has 0 atom stereocenters. The van der Waals surface area contributed by atoms with E-state index in [0.29, 0.717) is 6.61 Å². The third-order valence-corrected chi connectivity index (χ3v) is 3.41. The van der Waals surface area contributed by atoms with Crippen LogP contribution < -0.4 is 0 Å². The fourth-order valence-electron chi connectivity index (χ4n) is 2.43. The first kappa shape index (κ1) is 14.3. The molecule has 0 bridgehead atoms. The van der Waals surface area contributed by atoms with Crippen molar-refractivity contribution in [2.45, 2.75) is 64.7 Å². The average Bonchev–Trinajstić information content (AvgIpc) is 2.37. The topological polar surface area (TPSA) is 26.3 Å². The first-order valence-corrected chi connectivity index (χ1v) is 7.16. The average molecular weight is 238 g/mol. The summed E-state index contributed by atoms with van der Waals surface area (Å²) in [6, 6.07) is 0. The van der Waals surface area contributed by atoms with Gasteiger partial charge >= 0.3 is 5.97 Å². The van der Waals surface area contributed by atoms with Gasteiger partial charge in [-0.2, -0.15) is 0 Å². The molecular weight excluding hydrogens is 212 g/mol. The molecule has 0 radical (unpaired) electrons. The van der Waals surface area contributed by atoms with Gasteiger partial charge in [-0.15, -0.1) is 0 Å². The molecule has 17 heavy (non-hydrogen) atoms. The minimum Gasteiger partial charge on any atom is -0.463 e. The molecule has 98 valence electrons. The highest BCUT2D eigenvalue weighted by Gasteiger charge is 2.11. The first-order valence-electron chi connectivity index (χ1n) is 7.16. The Kier molecular flexibility index (Phi) is 7.78. The normalized spacial score (nSPS) is 17.5. The summed E-state index contributed by atoms with van der Waals surface area (Å²) in [5.74, 6) is 0.758. The van der Waals surface area contributed by atoms with Crippen molar-refractivity contribution in [1.82, 2.24) is 0 Å². The fourth-order valence-corrected chi connectivity index (χ4v) is 2.43. The highest BCUT2D eigenvalue weighted by Crippen LogP contribution is 2.27. The molecule has 1 aliphatic carbocycles. The van der Waals surface area contributed by atoms with Crippen molar-refractivity contribution in [3.05, 3.63) is 12.2 Å². The van der Waals surface area contributed by atoms with Crippen molar-refractivity contribution in [2.75, 3.05) is 6.61 Å². The zero-order valence-corrected chi connectivity index (χ0v) is 11.1. The maximum absolute atomic E-state index is 11.2. The largest absolute Gasteiger partial charge is 0.463 e. The summed E-state index contributed by atoms with van der Waals surface area (Å²) in [5, 5.41) is 0. The number of unbranched alkanes of at least 4 members (excludes halogenated alkanes) is 1. The van der Waals surface area contributed by atoms with E-state index in [-0.39, 0.29) is 5.97 Å². The van der Waals surface area contributed by atoms with Crippen LogP contribution in [0.25, 0.3) is 0 Å². The number of hydrogen-bond donors (Lipinski definition) is 0. The lowest BCUT2D eigenvalue weighted by atomic mass is 9.86. The van der Waals surface area contributed by atoms with E-state index in [1.807, 2.05) is 13.0 Å². The second kappa shape index (κ2) is 9.26. The Morgan fingerprint density at radius 1 is 1.29 bits per heavy atom. The quantitative estimate of drug-likeness (QED) is 0.376. The van der Waals surface area contributed by atoms with Crippen LogP contribution in [0.2, 0.25) is 0 Å². The molecular formula is C15H26O2. The standard InChI is InChI=1S/C15H26O2/c1-2-13-17-15(16)12-8-4-7-11-14-9-5-3-6-10-14/h8,12,14H,2-7,9-11,13H2,1H3. The zero-order valence-electron chi connectivity index (χ0n) is 11.1. The molecule has 0 saturated heterocycles. The van der Waals surface area contributed by atoms with Crippen LogP contribution in [0.5, 0.6) is 0 Å². The van der Waals surface area contributed by atoms with Gasteiger partial charge in [0.25, 0.3) is 0 Å². The molecule has 0 amide bonds. The lowest BCUT2D eigenvalue weighted by molar-refractivity contribution is -0.137. The van der Waals surface area contributed by atoms with E-state index >= 15 is 0 Å². The maximum atomic E-state index is 11.2. The van der Waals surface area contributed by atoms with E-state index < -0.39 is 0 Å². The Bertz CT molecular complexity index is 227. The Hall–Kier alpha value is -0.790. The molecule has 1 fully saturated rings. The highest BCUT2D eigenvalue weighted by atomic mass is 16.5. The molecule has 0 aromatic rings. The SMILES string of the molecule is CCCOC(=O)C=CCCCC1CCCCC1. The van der Waals surface area contributed by atoms with Gasteiger partial charge in [0.15, 0.2) is 0 Å². The summed E-state index contributed by atoms with van der Waals surface area (Å²) in [6.45, 7) is 2.53. The summed E-state index contributed by atoms with van der Waals surface area (Å²) in [6.07, 6.45) is 15.1. The second-order valence-electron chi connectivity index (χ2n) is 5.00. The lowest BCUT2D eigenvalue weighted by Crippen LogP contribution is -2.05. The molecule has 0 heterocycles. The molecule has 0 N–H and O–H groups in total. The number of esters is 1. The van der Waals surface area contributed by atoms with Crippen molar-refractivity contribution in [1.29, 1.82) is 0 Å². The van der Waals surface area contributed by atoms with E-state index in [0.717, 1.165) is 18.8 Å². The number of carbonyl (C=O) groups is 1. The summed E-state index contributed by atoms with van der Waals surface area (Å²) >= 11 is 0. The fraction of sp³-hybridized carbons (Fsp3) is 0.800. The van der Waals surface area contributed by atoms with Crippen molar-refractivity contribution in [3.8, 4) is 0 Å². The molecule has 1 rings (SSSR count). The molecule has 2 heteroatoms. The maximum Gasteiger partial charge on any atom is 0.330 e. The number of ether oxygens (including phenoxy) is 1. The predicted molar refractivity (Wildman–Crippen MR) is 70.8 cm³/mol. The van der Waals surface area contributed by atoms with Crippen LogP contribution in [0.15, 0.2) is 12.2 Å². The smallest absolute Gasteiger partial charge is 0.330 e. The third kappa shape index (κ3) is 7.19. The van der Waals surface area contributed by atoms with Crippen LogP contribution in [-0.4, -0.2) is 12.6 Å². The molecule has 2 nitrogen and oxygen atoms in total. The number of carbonyl (C=O) groups excluding carboxylic acids is 1. The minimum absolute atomic E-state index is 0.190. The van der Waals surface area contributed by atoms with Gasteiger partial charge in [0.2, 0.25) is 0 Å². The van der Waals surface area contributed by atoms with Gasteiger partial charge in [-0.05, 0) is 25.2 Å². The second-order valence-corrected chi connectivity index (χ2v) is 5.00. The van der Waals surface area contributed by atoms with Crippen LogP contribution in [-0.2, 0) is 9.53 Å². The highest BCUT2D eigenvalue weighted by molar-refractivity contribution is 5.81. The third-order valence-electron chi connectivity index (χ3n) is 3.41. The van der Waals surface area contributed by atoms with Crippen LogP contribution in [0, 0.1) is 5.92 Å². The van der Waals surface area contributed by atoms with Crippen molar-refractivity contribution in [3.63, 3.8) is 0 Å². The van der Waals surface area contributed by atoms with Gasteiger partial charge in [0.1, 0.15) is 0 Å². The van der Waals surface area contributed by atoms with E-state index in [4.69, 9.17) is 4.74 Å². The van der Waals surface area contributed by atoms with Gasteiger partial charge in [-0.25, -0.2) is 4.79 Å². The van der Waals surface area contributed by atoms with Crippen molar-refractivity contribution in [2.24, 2.45) is 5.92 Å². The molecule has 0 aliphatic heterocycles. The minimum atomic E-state index is -0.190. The molecule has 1 aliphatic rings. The number of rotatable bonds is 7. The van der Waals surface area contributed by atoms with Crippen LogP contribution in [0.4, 0.5) is 0 Å². The molecule has 0 spiro atoms. The van der Waals surface area contributed by atoms with E-state index in [1.54, 1.807) is 6.08 Å². The van der Waals surface area contributed by atoms with Crippen molar-refractivity contribution >= 4 is 5.97 Å². The molecule has 0 aromatic heterocycles. The van der Waals surface area contributed by atoms with Gasteiger partial charge in [0.05, 0.1) is 6.61 Å². The van der Waals surface area contributed by atoms with Crippen molar-refractivity contribution < 1.29 is 9.53 Å². The summed E-state index contributed by atoms with van der Waals surface area (Å²) in [7, 11) is 0. The zero-order chi connectivity index (χ0) is 12.3. The predicted octanol–water partition coefficient (Wildman–Crippen LogP) is 4.25. The first-order chi connectivity index (χ1) is 8.33. The number of hydrogen-bond acceptors (Lipinski definition) is 2. The summed E-state index contributed by atoms with van der Waals surface area (Å²) in [4.78, 5) is 11.2. The Labute approximate surface area is 105 Å². The van der Waals surface area contributed by atoms with Gasteiger partial charge < -0.3 is 4.74 Å². The lowest BCUT2D eigenvalue weighted by Gasteiger charge is -2.20. The van der Waals surface area contributed by atoms with E-state index in [1.165, 1.54) is 44.9 Å². The summed E-state index contributed by atoms with van der Waals surface area (Å²) in [5.41, 5.74) is 0. The monoisotopic (exact) mass is 238 g/mol. The Balaban J connectivity index is 1.98. The van der Waals surface area contributed by atoms with E-state index in [9.17, 15) is 4.79 Å². The summed E-state index contributed by atoms with van der Waals surface area (Å²) < 4.78 is 4.96. The Morgan fingerprint density at radius 2 is 2.06 bits per heavy atom. The van der Waals surface area contributed by atoms with Crippen LogP contribution in [0.3, 0.4) is 0 Å².